The summed E-state index contributed by atoms with van der Waals surface area (Å²) >= 11 is 3.47. The van der Waals surface area contributed by atoms with Gasteiger partial charge in [-0.2, -0.15) is 0 Å². The third-order valence-electron chi connectivity index (χ3n) is 3.91. The molecule has 0 aliphatic carbocycles. The van der Waals surface area contributed by atoms with Crippen LogP contribution in [0.5, 0.6) is 5.75 Å². The van der Waals surface area contributed by atoms with Gasteiger partial charge in [-0.25, -0.2) is 0 Å². The van der Waals surface area contributed by atoms with Crippen LogP contribution in [0.25, 0.3) is 0 Å². The van der Waals surface area contributed by atoms with Crippen molar-refractivity contribution >= 4 is 27.5 Å². The molecule has 0 radical (unpaired) electrons. The van der Waals surface area contributed by atoms with Gasteiger partial charge in [-0.1, -0.05) is 41.9 Å². The average molecular weight is 390 g/mol. The van der Waals surface area contributed by atoms with E-state index in [9.17, 15) is 4.79 Å². The molecule has 0 spiro atoms. The molecule has 3 nitrogen and oxygen atoms in total. The van der Waals surface area contributed by atoms with Gasteiger partial charge in [0.05, 0.1) is 0 Å². The largest absolute Gasteiger partial charge is 0.483 e. The molecule has 0 saturated heterocycles. The minimum absolute atomic E-state index is 0.00187. The van der Waals surface area contributed by atoms with Crippen LogP contribution in [0.15, 0.2) is 34.8 Å². The van der Waals surface area contributed by atoms with Crippen molar-refractivity contribution in [2.45, 2.75) is 40.5 Å². The van der Waals surface area contributed by atoms with Crippen molar-refractivity contribution < 1.29 is 9.53 Å². The van der Waals surface area contributed by atoms with Crippen LogP contribution < -0.4 is 10.1 Å². The van der Waals surface area contributed by atoms with Crippen molar-refractivity contribution in [3.05, 3.63) is 57.1 Å². The highest BCUT2D eigenvalue weighted by molar-refractivity contribution is 9.10. The molecule has 0 bridgehead atoms. The number of halogens is 1. The van der Waals surface area contributed by atoms with E-state index < -0.39 is 0 Å². The SMILES string of the molecule is Cc1ccc(C(C)C)c(OCC(=O)Nc2c(C)cc(Br)cc2C)c1. The van der Waals surface area contributed by atoms with E-state index in [0.717, 1.165) is 38.2 Å². The van der Waals surface area contributed by atoms with Crippen molar-refractivity contribution in [2.24, 2.45) is 0 Å². The van der Waals surface area contributed by atoms with Crippen LogP contribution in [0, 0.1) is 20.8 Å². The maximum Gasteiger partial charge on any atom is 0.262 e. The van der Waals surface area contributed by atoms with E-state index in [1.807, 2.05) is 39.0 Å². The highest BCUT2D eigenvalue weighted by Crippen LogP contribution is 2.28. The number of anilines is 1. The van der Waals surface area contributed by atoms with E-state index in [2.05, 4.69) is 47.2 Å². The fraction of sp³-hybridized carbons (Fsp3) is 0.350. The van der Waals surface area contributed by atoms with E-state index >= 15 is 0 Å². The summed E-state index contributed by atoms with van der Waals surface area (Å²) in [6, 6.07) is 10.1. The molecule has 4 heteroatoms. The first-order chi connectivity index (χ1) is 11.3. The quantitative estimate of drug-likeness (QED) is 0.731. The zero-order chi connectivity index (χ0) is 17.9. The number of hydrogen-bond acceptors (Lipinski definition) is 2. The Morgan fingerprint density at radius 2 is 1.75 bits per heavy atom. The summed E-state index contributed by atoms with van der Waals surface area (Å²) in [5.74, 6) is 0.976. The summed E-state index contributed by atoms with van der Waals surface area (Å²) in [6.07, 6.45) is 0. The summed E-state index contributed by atoms with van der Waals surface area (Å²) in [7, 11) is 0. The Morgan fingerprint density at radius 1 is 1.12 bits per heavy atom. The van der Waals surface area contributed by atoms with E-state index in [-0.39, 0.29) is 12.5 Å². The second-order valence-electron chi connectivity index (χ2n) is 6.45. The molecular formula is C20H24BrNO2. The molecule has 0 atom stereocenters. The second kappa shape index (κ2) is 7.84. The number of ether oxygens (including phenoxy) is 1. The molecule has 1 amide bonds. The van der Waals surface area contributed by atoms with Crippen LogP contribution >= 0.6 is 15.9 Å². The zero-order valence-corrected chi connectivity index (χ0v) is 16.5. The molecule has 128 valence electrons. The molecule has 1 N–H and O–H groups in total. The normalized spacial score (nSPS) is 10.8. The van der Waals surface area contributed by atoms with Gasteiger partial charge in [-0.15, -0.1) is 0 Å². The third kappa shape index (κ3) is 4.60. The minimum atomic E-state index is -0.153. The van der Waals surface area contributed by atoms with Crippen molar-refractivity contribution in [1.29, 1.82) is 0 Å². The molecular weight excluding hydrogens is 366 g/mol. The van der Waals surface area contributed by atoms with Crippen molar-refractivity contribution in [2.75, 3.05) is 11.9 Å². The summed E-state index contributed by atoms with van der Waals surface area (Å²) < 4.78 is 6.80. The van der Waals surface area contributed by atoms with E-state index in [1.165, 1.54) is 0 Å². The van der Waals surface area contributed by atoms with Crippen molar-refractivity contribution in [3.8, 4) is 5.75 Å². The number of amides is 1. The molecule has 0 fully saturated rings. The van der Waals surface area contributed by atoms with Gasteiger partial charge in [0.15, 0.2) is 6.61 Å². The Morgan fingerprint density at radius 3 is 2.33 bits per heavy atom. The van der Waals surface area contributed by atoms with Gasteiger partial charge in [0.25, 0.3) is 5.91 Å². The number of benzene rings is 2. The molecule has 0 aliphatic rings. The molecule has 0 unspecified atom stereocenters. The van der Waals surface area contributed by atoms with Crippen molar-refractivity contribution in [3.63, 3.8) is 0 Å². The number of nitrogens with one attached hydrogen (secondary N) is 1. The van der Waals surface area contributed by atoms with E-state index in [4.69, 9.17) is 4.74 Å². The minimum Gasteiger partial charge on any atom is -0.483 e. The average Bonchev–Trinajstić information content (AvgIpc) is 2.48. The first-order valence-corrected chi connectivity index (χ1v) is 8.87. The smallest absolute Gasteiger partial charge is 0.262 e. The lowest BCUT2D eigenvalue weighted by molar-refractivity contribution is -0.118. The molecule has 24 heavy (non-hydrogen) atoms. The lowest BCUT2D eigenvalue weighted by Crippen LogP contribution is -2.21. The van der Waals surface area contributed by atoms with Crippen LogP contribution in [0.4, 0.5) is 5.69 Å². The molecule has 2 aromatic carbocycles. The summed E-state index contributed by atoms with van der Waals surface area (Å²) in [5, 5.41) is 2.95. The fourth-order valence-corrected chi connectivity index (χ4v) is 3.36. The van der Waals surface area contributed by atoms with Crippen LogP contribution in [0.2, 0.25) is 0 Å². The van der Waals surface area contributed by atoms with Gasteiger partial charge in [0.1, 0.15) is 5.75 Å². The number of rotatable bonds is 5. The van der Waals surface area contributed by atoms with Crippen molar-refractivity contribution in [1.82, 2.24) is 0 Å². The van der Waals surface area contributed by atoms with Gasteiger partial charge in [-0.3, -0.25) is 4.79 Å². The van der Waals surface area contributed by atoms with Crippen LogP contribution in [0.1, 0.15) is 42.0 Å². The summed E-state index contributed by atoms with van der Waals surface area (Å²) in [5.41, 5.74) is 5.13. The Balaban J connectivity index is 2.08. The second-order valence-corrected chi connectivity index (χ2v) is 7.36. The molecule has 0 aliphatic heterocycles. The predicted molar refractivity (Wildman–Crippen MR) is 103 cm³/mol. The predicted octanol–water partition coefficient (Wildman–Crippen LogP) is 5.52. The third-order valence-corrected chi connectivity index (χ3v) is 4.37. The highest BCUT2D eigenvalue weighted by Gasteiger charge is 2.12. The fourth-order valence-electron chi connectivity index (χ4n) is 2.67. The van der Waals surface area contributed by atoms with Gasteiger partial charge in [0.2, 0.25) is 0 Å². The number of aryl methyl sites for hydroxylation is 3. The van der Waals surface area contributed by atoms with E-state index in [0.29, 0.717) is 5.92 Å². The Labute approximate surface area is 152 Å². The molecule has 0 heterocycles. The summed E-state index contributed by atoms with van der Waals surface area (Å²) in [6.45, 7) is 10.2. The maximum absolute atomic E-state index is 12.3. The van der Waals surface area contributed by atoms with Crippen LogP contribution in [-0.4, -0.2) is 12.5 Å². The standard InChI is InChI=1S/C20H24BrNO2/c1-12(2)17-7-6-13(3)8-18(17)24-11-19(23)22-20-14(4)9-16(21)10-15(20)5/h6-10,12H,11H2,1-5H3,(H,22,23). The molecule has 0 saturated carbocycles. The number of hydrogen-bond donors (Lipinski definition) is 1. The van der Waals surface area contributed by atoms with Gasteiger partial charge < -0.3 is 10.1 Å². The number of carbonyl (C=O) groups excluding carboxylic acids is 1. The van der Waals surface area contributed by atoms with Gasteiger partial charge in [-0.05, 0) is 67.1 Å². The molecule has 2 aromatic rings. The molecule has 0 aromatic heterocycles. The summed E-state index contributed by atoms with van der Waals surface area (Å²) in [4.78, 5) is 12.3. The van der Waals surface area contributed by atoms with Gasteiger partial charge >= 0.3 is 0 Å². The first kappa shape index (κ1) is 18.5. The Bertz CT molecular complexity index is 730. The lowest BCUT2D eigenvalue weighted by Gasteiger charge is -2.16. The topological polar surface area (TPSA) is 38.3 Å². The van der Waals surface area contributed by atoms with Crippen LogP contribution in [0.3, 0.4) is 0 Å². The zero-order valence-electron chi connectivity index (χ0n) is 14.9. The molecule has 2 rings (SSSR count). The van der Waals surface area contributed by atoms with Gasteiger partial charge in [0, 0.05) is 10.2 Å². The maximum atomic E-state index is 12.3. The van der Waals surface area contributed by atoms with E-state index in [1.54, 1.807) is 0 Å². The lowest BCUT2D eigenvalue weighted by atomic mass is 10.0. The highest BCUT2D eigenvalue weighted by atomic mass is 79.9. The monoisotopic (exact) mass is 389 g/mol. The van der Waals surface area contributed by atoms with Crippen LogP contribution in [-0.2, 0) is 4.79 Å². The number of carbonyl (C=O) groups is 1. The Kier molecular flexibility index (Phi) is 6.05. The first-order valence-electron chi connectivity index (χ1n) is 8.08. The Hall–Kier alpha value is -1.81.